The van der Waals surface area contributed by atoms with Crippen molar-refractivity contribution in [1.82, 2.24) is 15.1 Å². The predicted molar refractivity (Wildman–Crippen MR) is 78.8 cm³/mol. The Kier molecular flexibility index (Phi) is 4.02. The van der Waals surface area contributed by atoms with Gasteiger partial charge in [-0.25, -0.2) is 0 Å². The van der Waals surface area contributed by atoms with Crippen molar-refractivity contribution in [2.45, 2.75) is 25.8 Å². The molecule has 0 saturated carbocycles. The van der Waals surface area contributed by atoms with Gasteiger partial charge in [0.1, 0.15) is 5.75 Å². The first-order valence-corrected chi connectivity index (χ1v) is 7.29. The van der Waals surface area contributed by atoms with Gasteiger partial charge in [-0.1, -0.05) is 18.2 Å². The molecule has 1 fully saturated rings. The van der Waals surface area contributed by atoms with Crippen molar-refractivity contribution in [3.8, 4) is 5.75 Å². The molecule has 0 spiro atoms. The summed E-state index contributed by atoms with van der Waals surface area (Å²) in [6.45, 7) is 5.92. The maximum absolute atomic E-state index is 5.70. The van der Waals surface area contributed by atoms with E-state index in [9.17, 15) is 0 Å². The van der Waals surface area contributed by atoms with Gasteiger partial charge in [-0.05, 0) is 32.0 Å². The second kappa shape index (κ2) is 6.09. The number of rotatable bonds is 5. The lowest BCUT2D eigenvalue weighted by Crippen LogP contribution is -2.20. The number of benzene rings is 1. The second-order valence-corrected chi connectivity index (χ2v) is 5.27. The van der Waals surface area contributed by atoms with Crippen LogP contribution in [0.25, 0.3) is 0 Å². The second-order valence-electron chi connectivity index (χ2n) is 5.27. The number of aromatic amines is 1. The summed E-state index contributed by atoms with van der Waals surface area (Å²) in [5.74, 6) is 1.59. The summed E-state index contributed by atoms with van der Waals surface area (Å²) in [6, 6.07) is 10.4. The number of ether oxygens (including phenoxy) is 1. The minimum Gasteiger partial charge on any atom is -0.494 e. The van der Waals surface area contributed by atoms with E-state index < -0.39 is 0 Å². The molecule has 1 N–H and O–H groups in total. The van der Waals surface area contributed by atoms with Crippen LogP contribution in [0.2, 0.25) is 0 Å². The fraction of sp³-hybridized carbons (Fsp3) is 0.438. The van der Waals surface area contributed by atoms with Crippen LogP contribution in [-0.4, -0.2) is 34.8 Å². The highest BCUT2D eigenvalue weighted by Crippen LogP contribution is 2.28. The largest absolute Gasteiger partial charge is 0.494 e. The maximum atomic E-state index is 5.70. The van der Waals surface area contributed by atoms with E-state index in [0.29, 0.717) is 12.5 Å². The Balaban J connectivity index is 1.65. The Morgan fingerprint density at radius 2 is 2.25 bits per heavy atom. The zero-order valence-electron chi connectivity index (χ0n) is 11.9. The molecule has 1 saturated heterocycles. The summed E-state index contributed by atoms with van der Waals surface area (Å²) in [5, 5.41) is 7.14. The zero-order valence-corrected chi connectivity index (χ0v) is 11.9. The van der Waals surface area contributed by atoms with Crippen LogP contribution in [0.5, 0.6) is 5.75 Å². The SMILES string of the molecule is CCOc1ccccc1CN1CCC(c2ccn[nH]2)C1. The third-order valence-corrected chi connectivity index (χ3v) is 3.90. The van der Waals surface area contributed by atoms with Gasteiger partial charge in [0, 0.05) is 36.5 Å². The fourth-order valence-electron chi connectivity index (χ4n) is 2.90. The molecule has 0 amide bonds. The van der Waals surface area contributed by atoms with Gasteiger partial charge in [0.25, 0.3) is 0 Å². The molecule has 4 nitrogen and oxygen atoms in total. The minimum atomic E-state index is 0.580. The quantitative estimate of drug-likeness (QED) is 0.909. The summed E-state index contributed by atoms with van der Waals surface area (Å²) < 4.78 is 5.70. The van der Waals surface area contributed by atoms with Crippen LogP contribution in [0, 0.1) is 0 Å². The Bertz CT molecular complexity index is 538. The zero-order chi connectivity index (χ0) is 13.8. The van der Waals surface area contributed by atoms with E-state index in [1.165, 1.54) is 17.7 Å². The van der Waals surface area contributed by atoms with E-state index in [1.807, 2.05) is 19.2 Å². The van der Waals surface area contributed by atoms with Crippen molar-refractivity contribution in [3.63, 3.8) is 0 Å². The minimum absolute atomic E-state index is 0.580. The smallest absolute Gasteiger partial charge is 0.123 e. The van der Waals surface area contributed by atoms with Gasteiger partial charge in [-0.3, -0.25) is 10.00 Å². The number of hydrogen-bond donors (Lipinski definition) is 1. The molecule has 1 atom stereocenters. The van der Waals surface area contributed by atoms with Crippen LogP contribution in [-0.2, 0) is 6.54 Å². The Morgan fingerprint density at radius 1 is 1.35 bits per heavy atom. The molecule has 20 heavy (non-hydrogen) atoms. The number of para-hydroxylation sites is 1. The third-order valence-electron chi connectivity index (χ3n) is 3.90. The van der Waals surface area contributed by atoms with Crippen LogP contribution in [0.4, 0.5) is 0 Å². The average Bonchev–Trinajstić information content (AvgIpc) is 3.12. The van der Waals surface area contributed by atoms with Crippen LogP contribution >= 0.6 is 0 Å². The van der Waals surface area contributed by atoms with Crippen LogP contribution in [0.1, 0.15) is 30.5 Å². The first kappa shape index (κ1) is 13.2. The molecule has 106 valence electrons. The molecule has 3 rings (SSSR count). The van der Waals surface area contributed by atoms with E-state index in [-0.39, 0.29) is 0 Å². The van der Waals surface area contributed by atoms with Crippen molar-refractivity contribution < 1.29 is 4.74 Å². The molecule has 1 aliphatic rings. The molecule has 1 aromatic heterocycles. The van der Waals surface area contributed by atoms with Crippen molar-refractivity contribution in [2.75, 3.05) is 19.7 Å². The molecule has 4 heteroatoms. The number of nitrogens with zero attached hydrogens (tertiary/aromatic N) is 2. The van der Waals surface area contributed by atoms with Gasteiger partial charge < -0.3 is 4.74 Å². The van der Waals surface area contributed by atoms with Crippen molar-refractivity contribution in [3.05, 3.63) is 47.8 Å². The summed E-state index contributed by atoms with van der Waals surface area (Å²) in [4.78, 5) is 2.49. The number of aromatic nitrogens is 2. The van der Waals surface area contributed by atoms with Gasteiger partial charge in [0.05, 0.1) is 6.61 Å². The summed E-state index contributed by atoms with van der Waals surface area (Å²) in [6.07, 6.45) is 3.03. The molecule has 1 aliphatic heterocycles. The molecule has 1 aromatic carbocycles. The van der Waals surface area contributed by atoms with E-state index in [4.69, 9.17) is 4.74 Å². The average molecular weight is 271 g/mol. The number of nitrogens with one attached hydrogen (secondary N) is 1. The molecular formula is C16H21N3O. The lowest BCUT2D eigenvalue weighted by atomic mass is 10.1. The van der Waals surface area contributed by atoms with E-state index in [2.05, 4.69) is 39.4 Å². The Labute approximate surface area is 119 Å². The van der Waals surface area contributed by atoms with E-state index in [1.54, 1.807) is 0 Å². The number of H-pyrrole nitrogens is 1. The summed E-state index contributed by atoms with van der Waals surface area (Å²) in [5.41, 5.74) is 2.53. The first-order chi connectivity index (χ1) is 9.86. The van der Waals surface area contributed by atoms with Crippen LogP contribution in [0.15, 0.2) is 36.5 Å². The van der Waals surface area contributed by atoms with Crippen LogP contribution < -0.4 is 4.74 Å². The lowest BCUT2D eigenvalue weighted by Gasteiger charge is -2.18. The molecule has 2 aromatic rings. The van der Waals surface area contributed by atoms with Crippen molar-refractivity contribution in [2.24, 2.45) is 0 Å². The predicted octanol–water partition coefficient (Wildman–Crippen LogP) is 2.80. The lowest BCUT2D eigenvalue weighted by molar-refractivity contribution is 0.302. The highest BCUT2D eigenvalue weighted by Gasteiger charge is 2.25. The van der Waals surface area contributed by atoms with E-state index in [0.717, 1.165) is 25.4 Å². The molecule has 0 bridgehead atoms. The molecule has 0 radical (unpaired) electrons. The maximum Gasteiger partial charge on any atom is 0.123 e. The Hall–Kier alpha value is -1.81. The molecule has 2 heterocycles. The highest BCUT2D eigenvalue weighted by molar-refractivity contribution is 5.33. The van der Waals surface area contributed by atoms with Gasteiger partial charge in [0.15, 0.2) is 0 Å². The first-order valence-electron chi connectivity index (χ1n) is 7.29. The summed E-state index contributed by atoms with van der Waals surface area (Å²) in [7, 11) is 0. The number of hydrogen-bond acceptors (Lipinski definition) is 3. The fourth-order valence-corrected chi connectivity index (χ4v) is 2.90. The molecule has 1 unspecified atom stereocenters. The Morgan fingerprint density at radius 3 is 3.05 bits per heavy atom. The van der Waals surface area contributed by atoms with Crippen LogP contribution in [0.3, 0.4) is 0 Å². The van der Waals surface area contributed by atoms with Gasteiger partial charge in [-0.2, -0.15) is 5.10 Å². The highest BCUT2D eigenvalue weighted by atomic mass is 16.5. The third kappa shape index (κ3) is 2.85. The van der Waals surface area contributed by atoms with Crippen molar-refractivity contribution >= 4 is 0 Å². The van der Waals surface area contributed by atoms with Gasteiger partial charge in [-0.15, -0.1) is 0 Å². The number of likely N-dealkylation sites (tertiary alicyclic amines) is 1. The van der Waals surface area contributed by atoms with Crippen molar-refractivity contribution in [1.29, 1.82) is 0 Å². The topological polar surface area (TPSA) is 41.1 Å². The summed E-state index contributed by atoms with van der Waals surface area (Å²) >= 11 is 0. The normalized spacial score (nSPS) is 19.4. The van der Waals surface area contributed by atoms with Gasteiger partial charge in [0.2, 0.25) is 0 Å². The van der Waals surface area contributed by atoms with E-state index >= 15 is 0 Å². The molecular weight excluding hydrogens is 250 g/mol. The van der Waals surface area contributed by atoms with Gasteiger partial charge >= 0.3 is 0 Å². The monoisotopic (exact) mass is 271 g/mol. The standard InChI is InChI=1S/C16H21N3O/c1-2-20-16-6-4-3-5-14(16)12-19-10-8-13(11-19)15-7-9-17-18-15/h3-7,9,13H,2,8,10-12H2,1H3,(H,17,18). The molecule has 0 aliphatic carbocycles.